The van der Waals surface area contributed by atoms with E-state index >= 15 is 0 Å². The van der Waals surface area contributed by atoms with Gasteiger partial charge in [0.2, 0.25) is 5.91 Å². The highest BCUT2D eigenvalue weighted by atomic mass is 35.5. The number of hydrogen-bond acceptors (Lipinski definition) is 4. The maximum atomic E-state index is 11.9. The van der Waals surface area contributed by atoms with Crippen LogP contribution in [0.5, 0.6) is 0 Å². The molecule has 0 aliphatic rings. The van der Waals surface area contributed by atoms with Gasteiger partial charge in [-0.25, -0.2) is 0 Å². The van der Waals surface area contributed by atoms with Crippen molar-refractivity contribution in [3.8, 4) is 0 Å². The van der Waals surface area contributed by atoms with E-state index in [9.17, 15) is 9.59 Å². The second kappa shape index (κ2) is 11.0. The first-order valence-electron chi connectivity index (χ1n) is 6.83. The summed E-state index contributed by atoms with van der Waals surface area (Å²) in [5.74, 6) is -0.102. The molecule has 0 atom stereocenters. The lowest BCUT2D eigenvalue weighted by Gasteiger charge is -2.17. The van der Waals surface area contributed by atoms with E-state index in [4.69, 9.17) is 4.74 Å². The number of carbonyl (C=O) groups is 2. The van der Waals surface area contributed by atoms with Crippen LogP contribution >= 0.6 is 12.4 Å². The van der Waals surface area contributed by atoms with Crippen molar-refractivity contribution < 1.29 is 14.3 Å². The second-order valence-corrected chi connectivity index (χ2v) is 4.70. The third-order valence-corrected chi connectivity index (χ3v) is 3.05. The van der Waals surface area contributed by atoms with Gasteiger partial charge in [-0.3, -0.25) is 9.59 Å². The lowest BCUT2D eigenvalue weighted by molar-refractivity contribution is -0.129. The van der Waals surface area contributed by atoms with Gasteiger partial charge in [0.05, 0.1) is 13.2 Å². The van der Waals surface area contributed by atoms with Crippen LogP contribution in [-0.4, -0.2) is 57.6 Å². The molecule has 0 heterocycles. The van der Waals surface area contributed by atoms with Crippen molar-refractivity contribution >= 4 is 24.2 Å². The number of halogens is 1. The number of hydrogen-bond donors (Lipinski definition) is 2. The molecule has 0 aromatic heterocycles. The Labute approximate surface area is 137 Å². The molecule has 7 heteroatoms. The van der Waals surface area contributed by atoms with E-state index in [2.05, 4.69) is 10.6 Å². The summed E-state index contributed by atoms with van der Waals surface area (Å²) in [5, 5.41) is 5.59. The minimum absolute atomic E-state index is 0. The topological polar surface area (TPSA) is 70.7 Å². The maximum Gasteiger partial charge on any atom is 0.251 e. The molecule has 0 saturated carbocycles. The molecule has 6 nitrogen and oxygen atoms in total. The number of methoxy groups -OCH3 is 1. The summed E-state index contributed by atoms with van der Waals surface area (Å²) in [7, 11) is 4.98. The Balaban J connectivity index is 0.00000441. The summed E-state index contributed by atoms with van der Waals surface area (Å²) in [6.45, 7) is 2.03. The molecule has 1 rings (SSSR count). The Morgan fingerprint density at radius 2 is 1.86 bits per heavy atom. The minimum Gasteiger partial charge on any atom is -0.383 e. The van der Waals surface area contributed by atoms with Crippen LogP contribution in [0.1, 0.15) is 15.9 Å². The van der Waals surface area contributed by atoms with Crippen molar-refractivity contribution in [2.24, 2.45) is 0 Å². The van der Waals surface area contributed by atoms with Crippen LogP contribution in [0.25, 0.3) is 0 Å². The molecule has 0 radical (unpaired) electrons. The molecule has 0 aliphatic carbocycles. The van der Waals surface area contributed by atoms with Gasteiger partial charge in [0.1, 0.15) is 0 Å². The molecular weight excluding hydrogens is 306 g/mol. The SMILES string of the molecule is CNC(=O)c1ccc(CN(C)C(=O)CNCCOC)cc1.Cl. The molecule has 1 aromatic carbocycles. The molecule has 1 aromatic rings. The number of carbonyl (C=O) groups excluding carboxylic acids is 2. The van der Waals surface area contributed by atoms with Gasteiger partial charge in [0.25, 0.3) is 5.91 Å². The van der Waals surface area contributed by atoms with Gasteiger partial charge in [0, 0.05) is 39.9 Å². The molecule has 2 amide bonds. The van der Waals surface area contributed by atoms with Gasteiger partial charge >= 0.3 is 0 Å². The van der Waals surface area contributed by atoms with Gasteiger partial charge in [-0.2, -0.15) is 0 Å². The van der Waals surface area contributed by atoms with Crippen molar-refractivity contribution in [3.05, 3.63) is 35.4 Å². The Bertz CT molecular complexity index is 466. The highest BCUT2D eigenvalue weighted by molar-refractivity contribution is 5.93. The number of benzene rings is 1. The summed E-state index contributed by atoms with van der Waals surface area (Å²) < 4.78 is 4.90. The highest BCUT2D eigenvalue weighted by Gasteiger charge is 2.09. The van der Waals surface area contributed by atoms with E-state index in [0.717, 1.165) is 5.56 Å². The quantitative estimate of drug-likeness (QED) is 0.687. The van der Waals surface area contributed by atoms with Crippen molar-refractivity contribution in [3.63, 3.8) is 0 Å². The fourth-order valence-electron chi connectivity index (χ4n) is 1.77. The lowest BCUT2D eigenvalue weighted by atomic mass is 10.1. The van der Waals surface area contributed by atoms with Crippen LogP contribution in [0.15, 0.2) is 24.3 Å². The van der Waals surface area contributed by atoms with E-state index in [1.54, 1.807) is 38.2 Å². The van der Waals surface area contributed by atoms with Crippen molar-refractivity contribution in [2.75, 3.05) is 40.9 Å². The fraction of sp³-hybridized carbons (Fsp3) is 0.467. The number of amides is 2. The standard InChI is InChI=1S/C15H23N3O3.ClH/c1-16-15(20)13-6-4-12(5-7-13)11-18(2)14(19)10-17-8-9-21-3;/h4-7,17H,8-11H2,1-3H3,(H,16,20);1H. The number of nitrogens with zero attached hydrogens (tertiary/aromatic N) is 1. The first-order chi connectivity index (χ1) is 10.1. The largest absolute Gasteiger partial charge is 0.383 e. The van der Waals surface area contributed by atoms with E-state index < -0.39 is 0 Å². The van der Waals surface area contributed by atoms with Gasteiger partial charge in [-0.15, -0.1) is 12.4 Å². The predicted octanol–water partition coefficient (Wildman–Crippen LogP) is 0.662. The van der Waals surface area contributed by atoms with Gasteiger partial charge in [-0.05, 0) is 17.7 Å². The van der Waals surface area contributed by atoms with E-state index in [-0.39, 0.29) is 30.8 Å². The van der Waals surface area contributed by atoms with Crippen LogP contribution in [0.4, 0.5) is 0 Å². The van der Waals surface area contributed by atoms with Crippen molar-refractivity contribution in [1.29, 1.82) is 0 Å². The Kier molecular flexibility index (Phi) is 10.2. The van der Waals surface area contributed by atoms with E-state index in [0.29, 0.717) is 25.3 Å². The molecule has 0 aliphatic heterocycles. The molecule has 2 N–H and O–H groups in total. The number of rotatable bonds is 8. The zero-order valence-corrected chi connectivity index (χ0v) is 14.0. The summed E-state index contributed by atoms with van der Waals surface area (Å²) in [4.78, 5) is 25.0. The Morgan fingerprint density at radius 1 is 1.23 bits per heavy atom. The molecule has 0 saturated heterocycles. The van der Waals surface area contributed by atoms with Crippen LogP contribution in [0.3, 0.4) is 0 Å². The van der Waals surface area contributed by atoms with E-state index in [1.165, 1.54) is 0 Å². The van der Waals surface area contributed by atoms with Gasteiger partial charge < -0.3 is 20.3 Å². The number of nitrogens with one attached hydrogen (secondary N) is 2. The molecule has 0 bridgehead atoms. The molecule has 0 spiro atoms. The van der Waals surface area contributed by atoms with Crippen LogP contribution < -0.4 is 10.6 Å². The zero-order chi connectivity index (χ0) is 15.7. The Morgan fingerprint density at radius 3 is 2.41 bits per heavy atom. The summed E-state index contributed by atoms with van der Waals surface area (Å²) in [6, 6.07) is 7.21. The third-order valence-electron chi connectivity index (χ3n) is 3.05. The average molecular weight is 330 g/mol. The average Bonchev–Trinajstić information content (AvgIpc) is 2.51. The van der Waals surface area contributed by atoms with Gasteiger partial charge in [0.15, 0.2) is 0 Å². The molecule has 0 fully saturated rings. The first kappa shape index (κ1) is 20.4. The molecule has 124 valence electrons. The normalized spacial score (nSPS) is 9.77. The number of likely N-dealkylation sites (N-methyl/N-ethyl adjacent to an activating group) is 1. The summed E-state index contributed by atoms with van der Waals surface area (Å²) in [6.07, 6.45) is 0. The first-order valence-corrected chi connectivity index (χ1v) is 6.83. The minimum atomic E-state index is -0.117. The monoisotopic (exact) mass is 329 g/mol. The maximum absolute atomic E-state index is 11.9. The lowest BCUT2D eigenvalue weighted by Crippen LogP contribution is -2.36. The number of ether oxygens (including phenoxy) is 1. The molecule has 0 unspecified atom stereocenters. The van der Waals surface area contributed by atoms with Crippen LogP contribution in [0.2, 0.25) is 0 Å². The molecular formula is C15H24ClN3O3. The second-order valence-electron chi connectivity index (χ2n) is 4.70. The van der Waals surface area contributed by atoms with Crippen LogP contribution in [-0.2, 0) is 16.1 Å². The van der Waals surface area contributed by atoms with Gasteiger partial charge in [-0.1, -0.05) is 12.1 Å². The van der Waals surface area contributed by atoms with E-state index in [1.807, 2.05) is 12.1 Å². The smallest absolute Gasteiger partial charge is 0.251 e. The predicted molar refractivity (Wildman–Crippen MR) is 88.3 cm³/mol. The highest BCUT2D eigenvalue weighted by Crippen LogP contribution is 2.07. The summed E-state index contributed by atoms with van der Waals surface area (Å²) in [5.41, 5.74) is 1.59. The third kappa shape index (κ3) is 6.89. The van der Waals surface area contributed by atoms with Crippen LogP contribution in [0, 0.1) is 0 Å². The zero-order valence-electron chi connectivity index (χ0n) is 13.2. The van der Waals surface area contributed by atoms with Crippen molar-refractivity contribution in [2.45, 2.75) is 6.54 Å². The Hall–Kier alpha value is -1.63. The molecule has 22 heavy (non-hydrogen) atoms. The van der Waals surface area contributed by atoms with Crippen molar-refractivity contribution in [1.82, 2.24) is 15.5 Å². The fourth-order valence-corrected chi connectivity index (χ4v) is 1.77. The summed E-state index contributed by atoms with van der Waals surface area (Å²) >= 11 is 0.